The van der Waals surface area contributed by atoms with Gasteiger partial charge >= 0.3 is 0 Å². The zero-order chi connectivity index (χ0) is 18.5. The highest BCUT2D eigenvalue weighted by atomic mass is 16.5. The van der Waals surface area contributed by atoms with Crippen LogP contribution in [-0.4, -0.2) is 59.1 Å². The Morgan fingerprint density at radius 3 is 2.74 bits per heavy atom. The highest BCUT2D eigenvalue weighted by Crippen LogP contribution is 2.23. The lowest BCUT2D eigenvalue weighted by molar-refractivity contribution is -0.0182. The maximum Gasteiger partial charge on any atom is 0.0973 e. The van der Waals surface area contributed by atoms with Gasteiger partial charge in [0.05, 0.1) is 24.1 Å². The Labute approximate surface area is 159 Å². The van der Waals surface area contributed by atoms with Crippen molar-refractivity contribution >= 4 is 0 Å². The minimum absolute atomic E-state index is 0.234. The van der Waals surface area contributed by atoms with E-state index < -0.39 is 0 Å². The number of pyridine rings is 1. The molecule has 0 radical (unpaired) electrons. The average Bonchev–Trinajstić information content (AvgIpc) is 3.14. The number of ether oxygens (including phenoxy) is 1. The molecule has 27 heavy (non-hydrogen) atoms. The van der Waals surface area contributed by atoms with Gasteiger partial charge in [-0.3, -0.25) is 4.98 Å². The third-order valence-corrected chi connectivity index (χ3v) is 4.79. The molecule has 0 aliphatic carbocycles. The van der Waals surface area contributed by atoms with Crippen LogP contribution in [0.5, 0.6) is 0 Å². The molecule has 140 valence electrons. The van der Waals surface area contributed by atoms with Crippen molar-refractivity contribution in [2.75, 3.05) is 33.3 Å². The number of rotatable bonds is 6. The molecular weight excluding hydrogens is 338 g/mol. The molecule has 0 spiro atoms. The predicted octanol–water partition coefficient (Wildman–Crippen LogP) is 2.35. The fraction of sp³-hybridized carbons (Fsp3) is 0.333. The molecule has 1 aliphatic rings. The van der Waals surface area contributed by atoms with Crippen LogP contribution in [0.1, 0.15) is 5.56 Å². The fourth-order valence-electron chi connectivity index (χ4n) is 3.36. The van der Waals surface area contributed by atoms with Crippen LogP contribution in [0.25, 0.3) is 16.9 Å². The van der Waals surface area contributed by atoms with Crippen LogP contribution in [-0.2, 0) is 11.3 Å². The quantitative estimate of drug-likeness (QED) is 0.729. The van der Waals surface area contributed by atoms with E-state index in [1.54, 1.807) is 12.4 Å². The summed E-state index contributed by atoms with van der Waals surface area (Å²) in [7, 11) is 2.14. The highest BCUT2D eigenvalue weighted by molar-refractivity contribution is 5.62. The first-order valence-electron chi connectivity index (χ1n) is 9.35. The van der Waals surface area contributed by atoms with Crippen molar-refractivity contribution in [1.29, 1.82) is 0 Å². The molecule has 0 amide bonds. The maximum atomic E-state index is 5.84. The van der Waals surface area contributed by atoms with Gasteiger partial charge in [0, 0.05) is 55.9 Å². The van der Waals surface area contributed by atoms with Crippen molar-refractivity contribution < 1.29 is 4.74 Å². The molecule has 1 aliphatic heterocycles. The normalized spacial score (nSPS) is 17.9. The molecular formula is C21H25N5O. The van der Waals surface area contributed by atoms with Gasteiger partial charge in [-0.2, -0.15) is 5.10 Å². The summed E-state index contributed by atoms with van der Waals surface area (Å²) in [6.45, 7) is 4.35. The van der Waals surface area contributed by atoms with Gasteiger partial charge in [0.2, 0.25) is 0 Å². The van der Waals surface area contributed by atoms with E-state index >= 15 is 0 Å². The van der Waals surface area contributed by atoms with Crippen LogP contribution in [0.3, 0.4) is 0 Å². The average molecular weight is 363 g/mol. The zero-order valence-corrected chi connectivity index (χ0v) is 15.6. The smallest absolute Gasteiger partial charge is 0.0973 e. The van der Waals surface area contributed by atoms with Crippen LogP contribution in [0.4, 0.5) is 0 Å². The third-order valence-electron chi connectivity index (χ3n) is 4.79. The van der Waals surface area contributed by atoms with Crippen LogP contribution < -0.4 is 5.32 Å². The Hall–Kier alpha value is -2.54. The Bertz CT molecular complexity index is 850. The summed E-state index contributed by atoms with van der Waals surface area (Å²) in [6, 6.07) is 14.2. The number of hydrogen-bond donors (Lipinski definition) is 1. The molecule has 3 aromatic rings. The Kier molecular flexibility index (Phi) is 5.58. The molecule has 4 rings (SSSR count). The summed E-state index contributed by atoms with van der Waals surface area (Å²) < 4.78 is 7.78. The minimum Gasteiger partial charge on any atom is -0.374 e. The van der Waals surface area contributed by atoms with E-state index in [-0.39, 0.29) is 6.10 Å². The standard InChI is InChI=1S/C21H25N5O/c1-25-11-12-27-20(16-25)14-23-13-18-15-26(19-5-3-2-4-6-19)24-21(18)17-7-9-22-10-8-17/h2-10,15,20,23H,11-14,16H2,1H3/t20-/m0/s1. The maximum absolute atomic E-state index is 5.84. The second-order valence-corrected chi connectivity index (χ2v) is 6.90. The van der Waals surface area contributed by atoms with Crippen molar-refractivity contribution in [3.05, 3.63) is 66.6 Å². The molecule has 3 heterocycles. The van der Waals surface area contributed by atoms with Crippen LogP contribution >= 0.6 is 0 Å². The first-order chi connectivity index (χ1) is 13.3. The van der Waals surface area contributed by atoms with E-state index in [4.69, 9.17) is 9.84 Å². The lowest BCUT2D eigenvalue weighted by Gasteiger charge is -2.30. The van der Waals surface area contributed by atoms with E-state index in [1.165, 1.54) is 0 Å². The number of likely N-dealkylation sites (N-methyl/N-ethyl adjacent to an activating group) is 1. The first kappa shape index (κ1) is 17.9. The van der Waals surface area contributed by atoms with Gasteiger partial charge in [-0.1, -0.05) is 18.2 Å². The van der Waals surface area contributed by atoms with Crippen molar-refractivity contribution in [3.8, 4) is 16.9 Å². The van der Waals surface area contributed by atoms with E-state index in [0.717, 1.165) is 55.3 Å². The van der Waals surface area contributed by atoms with Crippen LogP contribution in [0, 0.1) is 0 Å². The number of benzene rings is 1. The van der Waals surface area contributed by atoms with E-state index in [2.05, 4.69) is 40.6 Å². The largest absolute Gasteiger partial charge is 0.374 e. The van der Waals surface area contributed by atoms with Crippen molar-refractivity contribution in [1.82, 2.24) is 25.0 Å². The SMILES string of the molecule is CN1CCO[C@@H](CNCc2cn(-c3ccccc3)nc2-c2ccncc2)C1. The molecule has 0 bridgehead atoms. The van der Waals surface area contributed by atoms with Gasteiger partial charge in [-0.25, -0.2) is 4.68 Å². The second kappa shape index (κ2) is 8.43. The van der Waals surface area contributed by atoms with Crippen molar-refractivity contribution in [2.45, 2.75) is 12.6 Å². The molecule has 1 aromatic carbocycles. The molecule has 1 fully saturated rings. The lowest BCUT2D eigenvalue weighted by Crippen LogP contribution is -2.44. The minimum atomic E-state index is 0.234. The van der Waals surface area contributed by atoms with Gasteiger partial charge < -0.3 is 15.0 Å². The summed E-state index contributed by atoms with van der Waals surface area (Å²) in [6.07, 6.45) is 5.95. The number of para-hydroxylation sites is 1. The lowest BCUT2D eigenvalue weighted by atomic mass is 10.1. The van der Waals surface area contributed by atoms with E-state index in [0.29, 0.717) is 0 Å². The molecule has 0 saturated carbocycles. The molecule has 6 heteroatoms. The number of nitrogens with one attached hydrogen (secondary N) is 1. The van der Waals surface area contributed by atoms with Crippen LogP contribution in [0.2, 0.25) is 0 Å². The van der Waals surface area contributed by atoms with Gasteiger partial charge in [-0.15, -0.1) is 0 Å². The summed E-state index contributed by atoms with van der Waals surface area (Å²) in [4.78, 5) is 6.44. The van der Waals surface area contributed by atoms with Gasteiger partial charge in [0.1, 0.15) is 0 Å². The number of morpholine rings is 1. The highest BCUT2D eigenvalue weighted by Gasteiger charge is 2.18. The summed E-state index contributed by atoms with van der Waals surface area (Å²) >= 11 is 0. The fourth-order valence-corrected chi connectivity index (χ4v) is 3.36. The molecule has 1 N–H and O–H groups in total. The topological polar surface area (TPSA) is 55.2 Å². The van der Waals surface area contributed by atoms with Crippen molar-refractivity contribution in [3.63, 3.8) is 0 Å². The molecule has 1 atom stereocenters. The van der Waals surface area contributed by atoms with Crippen LogP contribution in [0.15, 0.2) is 61.1 Å². The first-order valence-corrected chi connectivity index (χ1v) is 9.35. The third kappa shape index (κ3) is 4.42. The van der Waals surface area contributed by atoms with Gasteiger partial charge in [-0.05, 0) is 31.3 Å². The number of aromatic nitrogens is 3. The van der Waals surface area contributed by atoms with Gasteiger partial charge in [0.25, 0.3) is 0 Å². The summed E-state index contributed by atoms with van der Waals surface area (Å²) in [5.74, 6) is 0. The molecule has 0 unspecified atom stereocenters. The Morgan fingerprint density at radius 1 is 1.15 bits per heavy atom. The Balaban J connectivity index is 1.52. The van der Waals surface area contributed by atoms with Crippen molar-refractivity contribution in [2.24, 2.45) is 0 Å². The van der Waals surface area contributed by atoms with E-state index in [9.17, 15) is 0 Å². The van der Waals surface area contributed by atoms with E-state index in [1.807, 2.05) is 35.0 Å². The molecule has 6 nitrogen and oxygen atoms in total. The summed E-state index contributed by atoms with van der Waals surface area (Å²) in [5.41, 5.74) is 4.27. The Morgan fingerprint density at radius 2 is 1.96 bits per heavy atom. The zero-order valence-electron chi connectivity index (χ0n) is 15.6. The monoisotopic (exact) mass is 363 g/mol. The molecule has 1 saturated heterocycles. The predicted molar refractivity (Wildman–Crippen MR) is 106 cm³/mol. The number of nitrogens with zero attached hydrogens (tertiary/aromatic N) is 4. The molecule has 2 aromatic heterocycles. The number of hydrogen-bond acceptors (Lipinski definition) is 5. The second-order valence-electron chi connectivity index (χ2n) is 6.90. The summed E-state index contributed by atoms with van der Waals surface area (Å²) in [5, 5.41) is 8.38. The van der Waals surface area contributed by atoms with Gasteiger partial charge in [0.15, 0.2) is 0 Å².